The maximum absolute atomic E-state index is 15.6. The average Bonchev–Trinajstić information content (AvgIpc) is 2.82. The van der Waals surface area contributed by atoms with E-state index in [0.29, 0.717) is 0 Å². The number of carbonyl (C=O) groups is 3. The smallest absolute Gasteiger partial charge is 0.344 e. The minimum absolute atomic E-state index is 0.259. The van der Waals surface area contributed by atoms with Crippen LogP contribution in [0.5, 0.6) is 0 Å². The number of fused-ring (bicyclic) bond motifs is 2. The van der Waals surface area contributed by atoms with E-state index < -0.39 is 110 Å². The number of ether oxygens (including phenoxy) is 3. The molecule has 0 amide bonds. The van der Waals surface area contributed by atoms with Gasteiger partial charge in [0.25, 0.3) is 17.8 Å². The van der Waals surface area contributed by atoms with Gasteiger partial charge in [-0.05, 0) is 20.8 Å². The van der Waals surface area contributed by atoms with Gasteiger partial charge in [-0.3, -0.25) is 0 Å². The number of rotatable bonds is 8. The molecule has 0 radical (unpaired) electrons. The van der Waals surface area contributed by atoms with E-state index >= 15 is 39.5 Å². The zero-order valence-electron chi connectivity index (χ0n) is 20.6. The summed E-state index contributed by atoms with van der Waals surface area (Å²) < 4.78 is 221. The van der Waals surface area contributed by atoms with E-state index in [-0.39, 0.29) is 5.57 Å². The molecule has 6 nitrogen and oxygen atoms in total. The lowest BCUT2D eigenvalue weighted by atomic mass is 9.42. The highest BCUT2D eigenvalue weighted by Crippen LogP contribution is 2.82. The van der Waals surface area contributed by atoms with Crippen LogP contribution < -0.4 is 0 Å². The Morgan fingerprint density at radius 2 is 1.10 bits per heavy atom. The Labute approximate surface area is 219 Å². The fraction of sp³-hybridized carbons (Fsp3) is 0.762. The Morgan fingerprint density at radius 1 is 0.659 bits per heavy atom. The minimum Gasteiger partial charge on any atom is -0.462 e. The molecular weight excluding hydrogens is 614 g/mol. The third-order valence-corrected chi connectivity index (χ3v) is 7.21. The van der Waals surface area contributed by atoms with Gasteiger partial charge in [-0.25, -0.2) is 67.1 Å². The van der Waals surface area contributed by atoms with Crippen LogP contribution in [0.25, 0.3) is 0 Å². The maximum Gasteiger partial charge on any atom is 0.344 e. The first-order valence-corrected chi connectivity index (χ1v) is 10.7. The van der Waals surface area contributed by atoms with Crippen LogP contribution in [0.15, 0.2) is 12.2 Å². The van der Waals surface area contributed by atoms with Gasteiger partial charge in [-0.2, -0.15) is 8.78 Å². The third-order valence-electron chi connectivity index (χ3n) is 7.21. The molecule has 2 bridgehead atoms. The molecule has 41 heavy (non-hydrogen) atoms. The van der Waals surface area contributed by atoms with Crippen molar-refractivity contribution in [2.45, 2.75) is 73.6 Å². The second kappa shape index (κ2) is 9.34. The van der Waals surface area contributed by atoms with Gasteiger partial charge in [0, 0.05) is 5.57 Å². The normalized spacial score (nSPS) is 38.1. The van der Waals surface area contributed by atoms with Crippen LogP contribution in [-0.2, 0) is 28.6 Å². The van der Waals surface area contributed by atoms with Crippen LogP contribution in [0.3, 0.4) is 0 Å². The molecule has 2 saturated carbocycles. The molecule has 2 aliphatic carbocycles. The van der Waals surface area contributed by atoms with Gasteiger partial charge in [0.15, 0.2) is 18.9 Å². The molecule has 0 N–H and O–H groups in total. The molecule has 236 valence electrons. The van der Waals surface area contributed by atoms with Crippen molar-refractivity contribution in [3.8, 4) is 0 Å². The first-order valence-electron chi connectivity index (χ1n) is 10.7. The molecule has 0 saturated heterocycles. The quantitative estimate of drug-likeness (QED) is 0.164. The average molecular weight is 632 g/mol. The summed E-state index contributed by atoms with van der Waals surface area (Å²) in [5.41, 5.74) is -34.0. The van der Waals surface area contributed by atoms with Gasteiger partial charge in [0.2, 0.25) is 11.1 Å². The first-order chi connectivity index (χ1) is 18.1. The number of hydrogen-bond donors (Lipinski definition) is 0. The molecule has 20 heteroatoms. The molecule has 0 aliphatic heterocycles. The van der Waals surface area contributed by atoms with Gasteiger partial charge in [0.1, 0.15) is 6.61 Å². The summed E-state index contributed by atoms with van der Waals surface area (Å²) in [6, 6.07) is 0. The molecule has 2 aliphatic rings. The van der Waals surface area contributed by atoms with E-state index in [9.17, 15) is 36.3 Å². The zero-order chi connectivity index (χ0) is 32.6. The lowest BCUT2D eigenvalue weighted by Crippen LogP contribution is -2.99. The van der Waals surface area contributed by atoms with Crippen molar-refractivity contribution in [2.24, 2.45) is 5.41 Å². The fourth-order valence-corrected chi connectivity index (χ4v) is 4.72. The predicted octanol–water partition coefficient (Wildman–Crippen LogP) is 4.89. The van der Waals surface area contributed by atoms with E-state index in [2.05, 4.69) is 20.8 Å². The largest absolute Gasteiger partial charge is 0.462 e. The second-order valence-corrected chi connectivity index (χ2v) is 9.56. The number of alkyl halides is 14. The van der Waals surface area contributed by atoms with Crippen molar-refractivity contribution in [3.63, 3.8) is 0 Å². The lowest BCUT2D eigenvalue weighted by Gasteiger charge is -2.69. The van der Waals surface area contributed by atoms with Crippen molar-refractivity contribution in [2.75, 3.05) is 19.8 Å². The summed E-state index contributed by atoms with van der Waals surface area (Å²) >= 11 is 0. The fourth-order valence-electron chi connectivity index (χ4n) is 4.72. The van der Waals surface area contributed by atoms with Gasteiger partial charge < -0.3 is 14.2 Å². The van der Waals surface area contributed by atoms with Crippen LogP contribution in [-0.4, -0.2) is 90.5 Å². The summed E-state index contributed by atoms with van der Waals surface area (Å²) in [5.74, 6) is -34.5. The maximum atomic E-state index is 15.6. The summed E-state index contributed by atoms with van der Waals surface area (Å²) in [7, 11) is 0. The van der Waals surface area contributed by atoms with Crippen molar-refractivity contribution in [1.82, 2.24) is 0 Å². The van der Waals surface area contributed by atoms with Crippen molar-refractivity contribution in [1.29, 1.82) is 0 Å². The number of hydrogen-bond acceptors (Lipinski definition) is 6. The summed E-state index contributed by atoms with van der Waals surface area (Å²) in [4.78, 5) is 34.4. The predicted molar refractivity (Wildman–Crippen MR) is 103 cm³/mol. The van der Waals surface area contributed by atoms with E-state index in [0.717, 1.165) is 6.92 Å². The summed E-state index contributed by atoms with van der Waals surface area (Å²) in [6.45, 7) is -5.04. The highest BCUT2D eigenvalue weighted by atomic mass is 19.3. The highest BCUT2D eigenvalue weighted by molar-refractivity contribution is 5.88. The first kappa shape index (κ1) is 34.4. The monoisotopic (exact) mass is 632 g/mol. The third kappa shape index (κ3) is 3.59. The van der Waals surface area contributed by atoms with E-state index in [4.69, 9.17) is 0 Å². The number of esters is 3. The summed E-state index contributed by atoms with van der Waals surface area (Å²) in [5, 5.41) is 0. The Balaban J connectivity index is 2.66. The summed E-state index contributed by atoms with van der Waals surface area (Å²) in [6.07, 6.45) is -5.80. The molecule has 0 heterocycles. The van der Waals surface area contributed by atoms with Gasteiger partial charge in [-0.1, -0.05) is 6.58 Å². The lowest BCUT2D eigenvalue weighted by molar-refractivity contribution is -0.533. The molecule has 0 aromatic heterocycles. The van der Waals surface area contributed by atoms with E-state index in [1.165, 1.54) is 0 Å². The second-order valence-electron chi connectivity index (χ2n) is 9.56. The topological polar surface area (TPSA) is 78.9 Å². The standard InChI is InChI=1S/C21H18F14O6/c1-8(2)11(38)40-6-9(36)39-5-10(37)41-7-15-18(28,29)14(4,25)19(30,31)17(27,21(15,34)35)13(3,24)16(26,12(22)23)20(15,32)33/h12H,1,5-7H2,2-4H3. The van der Waals surface area contributed by atoms with E-state index in [1.54, 1.807) is 0 Å². The zero-order valence-corrected chi connectivity index (χ0v) is 20.6. The molecule has 0 aromatic carbocycles. The van der Waals surface area contributed by atoms with Crippen molar-refractivity contribution in [3.05, 3.63) is 12.2 Å². The van der Waals surface area contributed by atoms with Crippen LogP contribution >= 0.6 is 0 Å². The minimum atomic E-state index is -7.39. The number of halogens is 14. The Bertz CT molecular complexity index is 1130. The number of carbonyl (C=O) groups excluding carboxylic acids is 3. The van der Waals surface area contributed by atoms with E-state index in [1.807, 2.05) is 0 Å². The molecule has 0 aromatic rings. The van der Waals surface area contributed by atoms with Crippen molar-refractivity contribution < 1.29 is 90.1 Å². The SMILES string of the molecule is C=C(C)C(=O)OCC(=O)OCC(=O)OCC12C(F)(F)C(C)(F)C(F)(F)C(F)(C(C)(F)C(F)(C(F)F)C1(F)F)C2(F)F. The Morgan fingerprint density at radius 3 is 1.54 bits per heavy atom. The molecule has 2 fully saturated rings. The van der Waals surface area contributed by atoms with Crippen molar-refractivity contribution >= 4 is 17.9 Å². The highest BCUT2D eigenvalue weighted by Gasteiger charge is 3.11. The van der Waals surface area contributed by atoms with Crippen LogP contribution in [0, 0.1) is 5.41 Å². The van der Waals surface area contributed by atoms with Gasteiger partial charge >= 0.3 is 41.6 Å². The Hall–Kier alpha value is -2.83. The molecule has 0 spiro atoms. The molecule has 5 unspecified atom stereocenters. The van der Waals surface area contributed by atoms with Crippen LogP contribution in [0.4, 0.5) is 61.5 Å². The molecule has 2 rings (SSSR count). The van der Waals surface area contributed by atoms with Gasteiger partial charge in [0.05, 0.1) is 0 Å². The van der Waals surface area contributed by atoms with Crippen LogP contribution in [0.2, 0.25) is 0 Å². The Kier molecular flexibility index (Phi) is 7.83. The molecule has 5 atom stereocenters. The van der Waals surface area contributed by atoms with Gasteiger partial charge in [-0.15, -0.1) is 0 Å². The molecular formula is C21H18F14O6. The van der Waals surface area contributed by atoms with Crippen LogP contribution in [0.1, 0.15) is 20.8 Å².